The van der Waals surface area contributed by atoms with Crippen molar-refractivity contribution < 1.29 is 18.3 Å². The van der Waals surface area contributed by atoms with E-state index in [1.165, 1.54) is 14.0 Å². The van der Waals surface area contributed by atoms with Crippen LogP contribution in [0.2, 0.25) is 0 Å². The lowest BCUT2D eigenvalue weighted by molar-refractivity contribution is -0.139. The van der Waals surface area contributed by atoms with Gasteiger partial charge in [0.25, 0.3) is 6.43 Å². The van der Waals surface area contributed by atoms with Crippen LogP contribution in [0.5, 0.6) is 0 Å². The fourth-order valence-corrected chi connectivity index (χ4v) is 1.41. The van der Waals surface area contributed by atoms with Crippen LogP contribution < -0.4 is 0 Å². The van der Waals surface area contributed by atoms with E-state index in [-0.39, 0.29) is 28.8 Å². The van der Waals surface area contributed by atoms with Crippen LogP contribution in [0.1, 0.15) is 28.8 Å². The number of ether oxygens (including phenoxy) is 1. The average Bonchev–Trinajstić information content (AvgIpc) is 2.30. The minimum absolute atomic E-state index is 0.0303. The molecule has 0 N–H and O–H groups in total. The van der Waals surface area contributed by atoms with Gasteiger partial charge in [-0.15, -0.1) is 0 Å². The van der Waals surface area contributed by atoms with Crippen molar-refractivity contribution in [2.24, 2.45) is 0 Å². The Morgan fingerprint density at radius 2 is 2.29 bits per heavy atom. The van der Waals surface area contributed by atoms with Gasteiger partial charge in [0, 0.05) is 17.3 Å². The highest BCUT2D eigenvalue weighted by Gasteiger charge is 2.19. The maximum absolute atomic E-state index is 12.6. The van der Waals surface area contributed by atoms with Gasteiger partial charge in [-0.2, -0.15) is 5.26 Å². The lowest BCUT2D eigenvalue weighted by Crippen LogP contribution is -2.10. The van der Waals surface area contributed by atoms with Crippen molar-refractivity contribution in [2.45, 2.75) is 19.8 Å². The number of nitrogens with zero attached hydrogens (tertiary/aromatic N) is 2. The molecule has 17 heavy (non-hydrogen) atoms. The van der Waals surface area contributed by atoms with E-state index in [1.807, 2.05) is 0 Å². The van der Waals surface area contributed by atoms with Crippen molar-refractivity contribution in [2.75, 3.05) is 7.11 Å². The summed E-state index contributed by atoms with van der Waals surface area (Å²) in [4.78, 5) is 14.8. The summed E-state index contributed by atoms with van der Waals surface area (Å²) in [5.74, 6) is -0.599. The van der Waals surface area contributed by atoms with Gasteiger partial charge < -0.3 is 4.74 Å². The van der Waals surface area contributed by atoms with E-state index in [0.29, 0.717) is 0 Å². The summed E-state index contributed by atoms with van der Waals surface area (Å²) in [7, 11) is 1.19. The highest BCUT2D eigenvalue weighted by atomic mass is 19.3. The first-order valence-electron chi connectivity index (χ1n) is 4.74. The van der Waals surface area contributed by atoms with Crippen LogP contribution in [0.25, 0.3) is 0 Å². The van der Waals surface area contributed by atoms with Crippen molar-refractivity contribution in [3.8, 4) is 6.07 Å². The molecule has 0 spiro atoms. The summed E-state index contributed by atoms with van der Waals surface area (Å²) in [6, 6.07) is 1.77. The van der Waals surface area contributed by atoms with E-state index in [0.717, 1.165) is 6.20 Å². The quantitative estimate of drug-likeness (QED) is 0.757. The number of methoxy groups -OCH3 is 1. The molecule has 0 fully saturated rings. The Labute approximate surface area is 96.8 Å². The summed E-state index contributed by atoms with van der Waals surface area (Å²) < 4.78 is 29.7. The summed E-state index contributed by atoms with van der Waals surface area (Å²) in [5, 5.41) is 8.81. The molecule has 0 atom stereocenters. The molecule has 1 rings (SSSR count). The molecule has 4 nitrogen and oxygen atoms in total. The Hall–Kier alpha value is -2.03. The molecular formula is C11H10F2N2O2. The van der Waals surface area contributed by atoms with Crippen LogP contribution in [-0.4, -0.2) is 18.1 Å². The van der Waals surface area contributed by atoms with Gasteiger partial charge in [0.05, 0.1) is 13.5 Å². The van der Waals surface area contributed by atoms with Crippen LogP contribution in [0, 0.1) is 18.3 Å². The van der Waals surface area contributed by atoms with E-state index in [1.54, 1.807) is 6.07 Å². The molecule has 0 unspecified atom stereocenters. The number of alkyl halides is 2. The molecular weight excluding hydrogens is 230 g/mol. The monoisotopic (exact) mass is 240 g/mol. The molecule has 90 valence electrons. The first-order chi connectivity index (χ1) is 8.01. The number of hydrogen-bond donors (Lipinski definition) is 0. The second kappa shape index (κ2) is 5.34. The average molecular weight is 240 g/mol. The van der Waals surface area contributed by atoms with Crippen LogP contribution in [0.3, 0.4) is 0 Å². The van der Waals surface area contributed by atoms with Gasteiger partial charge >= 0.3 is 5.97 Å². The number of aromatic nitrogens is 1. The largest absolute Gasteiger partial charge is 0.469 e. The van der Waals surface area contributed by atoms with Crippen molar-refractivity contribution >= 4 is 5.97 Å². The number of halogens is 2. The van der Waals surface area contributed by atoms with Crippen molar-refractivity contribution in [1.82, 2.24) is 4.98 Å². The van der Waals surface area contributed by atoms with Gasteiger partial charge in [0.2, 0.25) is 0 Å². The summed E-state index contributed by atoms with van der Waals surface area (Å²) in [6.07, 6.45) is -1.97. The second-order valence-corrected chi connectivity index (χ2v) is 3.33. The molecule has 0 aliphatic heterocycles. The highest BCUT2D eigenvalue weighted by molar-refractivity contribution is 5.74. The Kier molecular flexibility index (Phi) is 4.10. The normalized spacial score (nSPS) is 10.1. The molecule has 0 saturated carbocycles. The van der Waals surface area contributed by atoms with Gasteiger partial charge in [-0.25, -0.2) is 13.8 Å². The fourth-order valence-electron chi connectivity index (χ4n) is 1.41. The van der Waals surface area contributed by atoms with Crippen molar-refractivity contribution in [1.29, 1.82) is 5.26 Å². The molecule has 1 heterocycles. The zero-order valence-electron chi connectivity index (χ0n) is 9.33. The molecule has 1 aromatic rings. The molecule has 0 aliphatic rings. The molecule has 0 bridgehead atoms. The van der Waals surface area contributed by atoms with Crippen molar-refractivity contribution in [3.63, 3.8) is 0 Å². The first kappa shape index (κ1) is 13.0. The van der Waals surface area contributed by atoms with Crippen LogP contribution in [0.4, 0.5) is 8.78 Å². The third kappa shape index (κ3) is 2.75. The maximum atomic E-state index is 12.6. The zero-order chi connectivity index (χ0) is 13.0. The van der Waals surface area contributed by atoms with Crippen molar-refractivity contribution in [3.05, 3.63) is 28.6 Å². The Bertz CT molecular complexity index is 481. The summed E-state index contributed by atoms with van der Waals surface area (Å²) >= 11 is 0. The SMILES string of the molecule is COC(=O)Cc1c(C#N)ncc(C(F)F)c1C. The van der Waals surface area contributed by atoms with Crippen LogP contribution in [-0.2, 0) is 16.0 Å². The Morgan fingerprint density at radius 3 is 2.76 bits per heavy atom. The number of carbonyl (C=O) groups excluding carboxylic acids is 1. The fraction of sp³-hybridized carbons (Fsp3) is 0.364. The maximum Gasteiger partial charge on any atom is 0.310 e. The summed E-state index contributed by atoms with van der Waals surface area (Å²) in [6.45, 7) is 1.43. The van der Waals surface area contributed by atoms with E-state index in [4.69, 9.17) is 5.26 Å². The second-order valence-electron chi connectivity index (χ2n) is 3.33. The number of hydrogen-bond acceptors (Lipinski definition) is 4. The zero-order valence-corrected chi connectivity index (χ0v) is 9.33. The number of pyridine rings is 1. The van der Waals surface area contributed by atoms with Gasteiger partial charge in [0.1, 0.15) is 11.8 Å². The van der Waals surface area contributed by atoms with Gasteiger partial charge in [-0.05, 0) is 12.5 Å². The van der Waals surface area contributed by atoms with E-state index in [9.17, 15) is 13.6 Å². The Balaban J connectivity index is 3.28. The smallest absolute Gasteiger partial charge is 0.310 e. The predicted molar refractivity (Wildman–Crippen MR) is 54.4 cm³/mol. The molecule has 0 aliphatic carbocycles. The number of nitriles is 1. The number of esters is 1. The molecule has 0 amide bonds. The van der Waals surface area contributed by atoms with Gasteiger partial charge in [0.15, 0.2) is 0 Å². The lowest BCUT2D eigenvalue weighted by atomic mass is 10.0. The number of rotatable bonds is 3. The predicted octanol–water partition coefficient (Wildman–Crippen LogP) is 1.91. The molecule has 6 heteroatoms. The summed E-state index contributed by atoms with van der Waals surface area (Å²) in [5.41, 5.74) is 0.0919. The molecule has 0 saturated heterocycles. The minimum atomic E-state index is -2.69. The first-order valence-corrected chi connectivity index (χ1v) is 4.74. The van der Waals surface area contributed by atoms with E-state index in [2.05, 4.69) is 9.72 Å². The third-order valence-electron chi connectivity index (χ3n) is 2.39. The minimum Gasteiger partial charge on any atom is -0.469 e. The van der Waals surface area contributed by atoms with Crippen LogP contribution in [0.15, 0.2) is 6.20 Å². The lowest BCUT2D eigenvalue weighted by Gasteiger charge is -2.10. The van der Waals surface area contributed by atoms with Gasteiger partial charge in [-0.1, -0.05) is 0 Å². The Morgan fingerprint density at radius 1 is 1.65 bits per heavy atom. The van der Waals surface area contributed by atoms with E-state index >= 15 is 0 Å². The number of carbonyl (C=O) groups is 1. The molecule has 0 radical (unpaired) electrons. The molecule has 1 aromatic heterocycles. The van der Waals surface area contributed by atoms with Gasteiger partial charge in [-0.3, -0.25) is 4.79 Å². The third-order valence-corrected chi connectivity index (χ3v) is 2.39. The molecule has 0 aromatic carbocycles. The topological polar surface area (TPSA) is 63.0 Å². The standard InChI is InChI=1S/C11H10F2N2O2/c1-6-7(3-10(16)17-2)9(4-14)15-5-8(6)11(12)13/h5,11H,3H2,1-2H3. The van der Waals surface area contributed by atoms with E-state index < -0.39 is 12.4 Å². The highest BCUT2D eigenvalue weighted by Crippen LogP contribution is 2.25. The van der Waals surface area contributed by atoms with Crippen LogP contribution >= 0.6 is 0 Å².